The number of carbonyl (C=O) groups excluding carboxylic acids is 2. The molecule has 0 aromatic heterocycles. The lowest BCUT2D eigenvalue weighted by atomic mass is 9.80. The van der Waals surface area contributed by atoms with Crippen molar-refractivity contribution in [3.05, 3.63) is 0 Å². The second kappa shape index (κ2) is 10.3. The van der Waals surface area contributed by atoms with E-state index in [0.29, 0.717) is 25.7 Å². The second-order valence-corrected chi connectivity index (χ2v) is 6.72. The fourth-order valence-corrected chi connectivity index (χ4v) is 3.25. The Morgan fingerprint density at radius 1 is 1.15 bits per heavy atom. The molecule has 9 heteroatoms. The third-order valence-corrected chi connectivity index (χ3v) is 4.88. The van der Waals surface area contributed by atoms with Crippen LogP contribution in [0, 0.1) is 0 Å². The maximum atomic E-state index is 13.0. The Kier molecular flexibility index (Phi) is 8.80. The third kappa shape index (κ3) is 5.57. The smallest absolute Gasteiger partial charge is 0.334 e. The summed E-state index contributed by atoms with van der Waals surface area (Å²) in [6, 6.07) is -1.47. The summed E-state index contributed by atoms with van der Waals surface area (Å²) in [6.45, 7) is 3.36. The minimum atomic E-state index is -1.71. The van der Waals surface area contributed by atoms with Crippen LogP contribution < -0.4 is 10.6 Å². The molecule has 0 spiro atoms. The van der Waals surface area contributed by atoms with Crippen molar-refractivity contribution in [2.75, 3.05) is 13.3 Å². The summed E-state index contributed by atoms with van der Waals surface area (Å²) in [5.41, 5.74) is -1.16. The van der Waals surface area contributed by atoms with E-state index < -0.39 is 42.3 Å². The summed E-state index contributed by atoms with van der Waals surface area (Å²) in [5.74, 6) is -1.89. The molecule has 150 valence electrons. The lowest BCUT2D eigenvalue weighted by Gasteiger charge is -2.39. The van der Waals surface area contributed by atoms with E-state index in [9.17, 15) is 24.6 Å². The van der Waals surface area contributed by atoms with Gasteiger partial charge in [0.15, 0.2) is 6.10 Å². The zero-order chi connectivity index (χ0) is 19.7. The molecule has 2 atom stereocenters. The molecule has 0 bridgehead atoms. The number of rotatable bonds is 9. The minimum absolute atomic E-state index is 0.288. The largest absolute Gasteiger partial charge is 0.479 e. The molecule has 26 heavy (non-hydrogen) atoms. The first-order valence-electron chi connectivity index (χ1n) is 9.21. The first-order chi connectivity index (χ1) is 12.3. The molecule has 9 nitrogen and oxygen atoms in total. The SMILES string of the molecule is CCC[C@H](NC(=O)C1(NC(=O)N(CC)CO)CCCCC1)C(O)C(=O)O. The zero-order valence-electron chi connectivity index (χ0n) is 15.5. The van der Waals surface area contributed by atoms with Crippen molar-refractivity contribution >= 4 is 17.9 Å². The Hall–Kier alpha value is -1.87. The summed E-state index contributed by atoms with van der Waals surface area (Å²) >= 11 is 0. The Balaban J connectivity index is 2.97. The summed E-state index contributed by atoms with van der Waals surface area (Å²) in [7, 11) is 0. The van der Waals surface area contributed by atoms with Crippen LogP contribution in [0.5, 0.6) is 0 Å². The predicted octanol–water partition coefficient (Wildman–Crippen LogP) is 0.401. The van der Waals surface area contributed by atoms with Crippen LogP contribution in [0.4, 0.5) is 4.79 Å². The molecule has 0 aromatic carbocycles. The lowest BCUT2D eigenvalue weighted by molar-refractivity contribution is -0.149. The molecule has 1 aliphatic rings. The van der Waals surface area contributed by atoms with Crippen LogP contribution in [-0.4, -0.2) is 69.1 Å². The number of nitrogens with zero attached hydrogens (tertiary/aromatic N) is 1. The second-order valence-electron chi connectivity index (χ2n) is 6.72. The summed E-state index contributed by atoms with van der Waals surface area (Å²) < 4.78 is 0. The maximum Gasteiger partial charge on any atom is 0.334 e. The van der Waals surface area contributed by atoms with Gasteiger partial charge < -0.3 is 30.9 Å². The highest BCUT2D eigenvalue weighted by Gasteiger charge is 2.43. The van der Waals surface area contributed by atoms with E-state index in [1.165, 1.54) is 4.90 Å². The highest BCUT2D eigenvalue weighted by molar-refractivity contribution is 5.91. The molecule has 1 fully saturated rings. The van der Waals surface area contributed by atoms with Crippen molar-refractivity contribution in [2.45, 2.75) is 76.5 Å². The first kappa shape index (κ1) is 22.2. The van der Waals surface area contributed by atoms with Gasteiger partial charge in [0.25, 0.3) is 0 Å². The molecule has 0 saturated heterocycles. The van der Waals surface area contributed by atoms with E-state index in [1.807, 2.05) is 6.92 Å². The number of hydrogen-bond acceptors (Lipinski definition) is 5. The van der Waals surface area contributed by atoms with Crippen molar-refractivity contribution < 1.29 is 29.7 Å². The molecule has 0 aliphatic heterocycles. The van der Waals surface area contributed by atoms with Gasteiger partial charge in [-0.25, -0.2) is 9.59 Å². The van der Waals surface area contributed by atoms with E-state index in [4.69, 9.17) is 5.11 Å². The highest BCUT2D eigenvalue weighted by atomic mass is 16.4. The average molecular weight is 373 g/mol. The highest BCUT2D eigenvalue weighted by Crippen LogP contribution is 2.29. The van der Waals surface area contributed by atoms with Crippen LogP contribution in [0.3, 0.4) is 0 Å². The number of carboxylic acid groups (broad SMARTS) is 1. The lowest BCUT2D eigenvalue weighted by Crippen LogP contribution is -2.64. The molecule has 0 aromatic rings. The van der Waals surface area contributed by atoms with Gasteiger partial charge in [-0.2, -0.15) is 0 Å². The molecule has 1 aliphatic carbocycles. The van der Waals surface area contributed by atoms with Gasteiger partial charge in [0.2, 0.25) is 5.91 Å². The van der Waals surface area contributed by atoms with Crippen molar-refractivity contribution in [1.29, 1.82) is 0 Å². The molecule has 3 amide bonds. The van der Waals surface area contributed by atoms with Gasteiger partial charge in [0.1, 0.15) is 12.3 Å². The summed E-state index contributed by atoms with van der Waals surface area (Å²) in [5, 5.41) is 33.5. The standard InChI is InChI=1S/C17H31N3O6/c1-3-8-12(13(22)14(23)24)18-15(25)17(9-6-5-7-10-17)19-16(26)20(4-2)11-21/h12-13,21-22H,3-11H2,1-2H3,(H,18,25)(H,19,26)(H,23,24)/t12-,13?/m0/s1. The van der Waals surface area contributed by atoms with Gasteiger partial charge in [0.05, 0.1) is 6.04 Å². The van der Waals surface area contributed by atoms with Crippen molar-refractivity contribution in [3.8, 4) is 0 Å². The normalized spacial score (nSPS) is 18.5. The number of nitrogens with one attached hydrogen (secondary N) is 2. The van der Waals surface area contributed by atoms with Crippen molar-refractivity contribution in [2.24, 2.45) is 0 Å². The number of carbonyl (C=O) groups is 3. The molecule has 1 unspecified atom stereocenters. The third-order valence-electron chi connectivity index (χ3n) is 4.88. The summed E-state index contributed by atoms with van der Waals surface area (Å²) in [6.07, 6.45) is 2.48. The fourth-order valence-electron chi connectivity index (χ4n) is 3.25. The van der Waals surface area contributed by atoms with Crippen molar-refractivity contribution in [3.63, 3.8) is 0 Å². The number of aliphatic carboxylic acids is 1. The number of carboxylic acids is 1. The number of aliphatic hydroxyl groups is 2. The Morgan fingerprint density at radius 2 is 1.77 bits per heavy atom. The molecule has 1 saturated carbocycles. The predicted molar refractivity (Wildman–Crippen MR) is 94.3 cm³/mol. The van der Waals surface area contributed by atoms with Crippen LogP contribution >= 0.6 is 0 Å². The van der Waals surface area contributed by atoms with Crippen LogP contribution in [0.1, 0.15) is 58.8 Å². The van der Waals surface area contributed by atoms with E-state index in [0.717, 1.165) is 19.3 Å². The van der Waals surface area contributed by atoms with Gasteiger partial charge in [-0.3, -0.25) is 4.79 Å². The molecular formula is C17H31N3O6. The van der Waals surface area contributed by atoms with E-state index in [-0.39, 0.29) is 6.54 Å². The minimum Gasteiger partial charge on any atom is -0.479 e. The molecular weight excluding hydrogens is 342 g/mol. The fraction of sp³-hybridized carbons (Fsp3) is 0.824. The van der Waals surface area contributed by atoms with E-state index in [2.05, 4.69) is 10.6 Å². The topological polar surface area (TPSA) is 139 Å². The van der Waals surface area contributed by atoms with Crippen molar-refractivity contribution in [1.82, 2.24) is 15.5 Å². The van der Waals surface area contributed by atoms with Crippen LogP contribution in [0.25, 0.3) is 0 Å². The van der Waals surface area contributed by atoms with E-state index in [1.54, 1.807) is 6.92 Å². The van der Waals surface area contributed by atoms with Gasteiger partial charge in [0, 0.05) is 6.54 Å². The number of hydrogen-bond donors (Lipinski definition) is 5. The Morgan fingerprint density at radius 3 is 2.23 bits per heavy atom. The quantitative estimate of drug-likeness (QED) is 0.371. The zero-order valence-corrected chi connectivity index (χ0v) is 15.5. The maximum absolute atomic E-state index is 13.0. The van der Waals surface area contributed by atoms with Gasteiger partial charge in [-0.05, 0) is 26.2 Å². The van der Waals surface area contributed by atoms with Gasteiger partial charge in [-0.1, -0.05) is 32.6 Å². The number of amides is 3. The molecule has 0 radical (unpaired) electrons. The molecule has 5 N–H and O–H groups in total. The molecule has 0 heterocycles. The number of aliphatic hydroxyl groups excluding tert-OH is 2. The Bertz CT molecular complexity index is 489. The van der Waals surface area contributed by atoms with Crippen LogP contribution in [0.15, 0.2) is 0 Å². The van der Waals surface area contributed by atoms with Gasteiger partial charge >= 0.3 is 12.0 Å². The average Bonchev–Trinajstić information content (AvgIpc) is 2.62. The number of urea groups is 1. The molecule has 1 rings (SSSR count). The van der Waals surface area contributed by atoms with Crippen LogP contribution in [0.2, 0.25) is 0 Å². The Labute approximate surface area is 153 Å². The monoisotopic (exact) mass is 373 g/mol. The van der Waals surface area contributed by atoms with Gasteiger partial charge in [-0.15, -0.1) is 0 Å². The summed E-state index contributed by atoms with van der Waals surface area (Å²) in [4.78, 5) is 37.6. The first-order valence-corrected chi connectivity index (χ1v) is 9.21. The van der Waals surface area contributed by atoms with E-state index >= 15 is 0 Å². The van der Waals surface area contributed by atoms with Crippen LogP contribution in [-0.2, 0) is 9.59 Å².